The normalized spacial score (nSPS) is 15.0. The maximum atomic E-state index is 12.3. The summed E-state index contributed by atoms with van der Waals surface area (Å²) >= 11 is 0. The summed E-state index contributed by atoms with van der Waals surface area (Å²) in [6.07, 6.45) is 7.32. The number of nitrogens with zero attached hydrogens (tertiary/aromatic N) is 7. The first-order valence-electron chi connectivity index (χ1n) is 12.0. The van der Waals surface area contributed by atoms with Gasteiger partial charge in [0.1, 0.15) is 11.9 Å². The van der Waals surface area contributed by atoms with Crippen LogP contribution in [0.1, 0.15) is 56.4 Å². The summed E-state index contributed by atoms with van der Waals surface area (Å²) in [6.45, 7) is 9.92. The number of fused-ring (bicyclic) bond motifs is 1. The molecule has 1 saturated heterocycles. The van der Waals surface area contributed by atoms with Gasteiger partial charge < -0.3 is 14.2 Å². The molecule has 4 aromatic rings. The summed E-state index contributed by atoms with van der Waals surface area (Å²) in [6, 6.07) is 10.6. The Morgan fingerprint density at radius 1 is 1.14 bits per heavy atom. The lowest BCUT2D eigenvalue weighted by atomic mass is 9.90. The standard InChI is InChI=1S/C26H31N7O2/c1-18-13-23(33-17-28-29-30-33)14-20-9-12-32(24(18)20)16-22-6-5-21(15-27-22)19-7-10-31(11-8-19)25(34)35-26(2,3)4/h5-6,9,12-15,17,19H,7-8,10-11,16H2,1-4H3. The summed E-state index contributed by atoms with van der Waals surface area (Å²) in [4.78, 5) is 18.9. The number of pyridine rings is 1. The average molecular weight is 474 g/mol. The zero-order valence-corrected chi connectivity index (χ0v) is 20.7. The van der Waals surface area contributed by atoms with E-state index in [1.807, 2.05) is 31.9 Å². The Bertz CT molecular complexity index is 1310. The predicted octanol–water partition coefficient (Wildman–Crippen LogP) is 4.48. The third kappa shape index (κ3) is 5.03. The molecule has 35 heavy (non-hydrogen) atoms. The Kier molecular flexibility index (Phi) is 6.00. The van der Waals surface area contributed by atoms with Crippen molar-refractivity contribution in [1.82, 2.24) is 34.7 Å². The van der Waals surface area contributed by atoms with E-state index in [9.17, 15) is 4.79 Å². The Morgan fingerprint density at radius 3 is 2.60 bits per heavy atom. The van der Waals surface area contributed by atoms with Gasteiger partial charge in [-0.2, -0.15) is 0 Å². The molecule has 1 aliphatic rings. The minimum absolute atomic E-state index is 0.219. The number of piperidine rings is 1. The highest BCUT2D eigenvalue weighted by atomic mass is 16.6. The van der Waals surface area contributed by atoms with Crippen molar-refractivity contribution in [1.29, 1.82) is 0 Å². The van der Waals surface area contributed by atoms with E-state index >= 15 is 0 Å². The Balaban J connectivity index is 1.24. The van der Waals surface area contributed by atoms with Crippen LogP contribution in [-0.4, -0.2) is 59.4 Å². The molecule has 0 N–H and O–H groups in total. The number of carbonyl (C=O) groups is 1. The zero-order chi connectivity index (χ0) is 24.6. The second-order valence-corrected chi connectivity index (χ2v) is 10.2. The van der Waals surface area contributed by atoms with Gasteiger partial charge in [0.05, 0.1) is 23.4 Å². The van der Waals surface area contributed by atoms with Gasteiger partial charge in [-0.1, -0.05) is 6.07 Å². The number of likely N-dealkylation sites (tertiary alicyclic amines) is 1. The van der Waals surface area contributed by atoms with Gasteiger partial charge in [0, 0.05) is 30.9 Å². The molecule has 9 nitrogen and oxygen atoms in total. The number of tetrazole rings is 1. The van der Waals surface area contributed by atoms with Gasteiger partial charge in [0.15, 0.2) is 0 Å². The maximum Gasteiger partial charge on any atom is 0.410 e. The summed E-state index contributed by atoms with van der Waals surface area (Å²) < 4.78 is 9.41. The van der Waals surface area contributed by atoms with Crippen molar-refractivity contribution in [3.8, 4) is 5.69 Å². The molecule has 4 heterocycles. The topological polar surface area (TPSA) is 91.0 Å². The molecule has 0 unspecified atom stereocenters. The first-order valence-corrected chi connectivity index (χ1v) is 12.0. The first-order chi connectivity index (χ1) is 16.8. The van der Waals surface area contributed by atoms with Crippen molar-refractivity contribution in [2.45, 2.75) is 58.6 Å². The molecule has 9 heteroatoms. The molecule has 0 saturated carbocycles. The molecular weight excluding hydrogens is 442 g/mol. The van der Waals surface area contributed by atoms with Crippen LogP contribution in [0.2, 0.25) is 0 Å². The lowest BCUT2D eigenvalue weighted by Crippen LogP contribution is -2.41. The average Bonchev–Trinajstić information content (AvgIpc) is 3.49. The summed E-state index contributed by atoms with van der Waals surface area (Å²) in [7, 11) is 0. The minimum Gasteiger partial charge on any atom is -0.444 e. The number of hydrogen-bond donors (Lipinski definition) is 0. The van der Waals surface area contributed by atoms with Crippen LogP contribution in [0.3, 0.4) is 0 Å². The number of benzene rings is 1. The zero-order valence-electron chi connectivity index (χ0n) is 20.7. The summed E-state index contributed by atoms with van der Waals surface area (Å²) in [5, 5.41) is 12.6. The van der Waals surface area contributed by atoms with Crippen molar-refractivity contribution in [3.05, 3.63) is 65.9 Å². The van der Waals surface area contributed by atoms with E-state index in [1.54, 1.807) is 11.0 Å². The number of aromatic nitrogens is 6. The number of hydrogen-bond acceptors (Lipinski definition) is 6. The summed E-state index contributed by atoms with van der Waals surface area (Å²) in [5.41, 5.74) is 5.07. The van der Waals surface area contributed by atoms with Crippen LogP contribution in [0, 0.1) is 6.92 Å². The largest absolute Gasteiger partial charge is 0.444 e. The third-order valence-electron chi connectivity index (χ3n) is 6.45. The highest BCUT2D eigenvalue weighted by Crippen LogP contribution is 2.29. The fourth-order valence-electron chi connectivity index (χ4n) is 4.76. The molecule has 3 aromatic heterocycles. The van der Waals surface area contributed by atoms with Crippen LogP contribution in [0.5, 0.6) is 0 Å². The van der Waals surface area contributed by atoms with Crippen LogP contribution in [-0.2, 0) is 11.3 Å². The monoisotopic (exact) mass is 473 g/mol. The highest BCUT2D eigenvalue weighted by molar-refractivity contribution is 5.85. The Hall–Kier alpha value is -3.75. The second-order valence-electron chi connectivity index (χ2n) is 10.2. The first kappa shape index (κ1) is 23.0. The predicted molar refractivity (Wildman–Crippen MR) is 133 cm³/mol. The van der Waals surface area contributed by atoms with E-state index in [1.165, 1.54) is 11.1 Å². The van der Waals surface area contributed by atoms with Crippen molar-refractivity contribution in [2.24, 2.45) is 0 Å². The molecule has 1 fully saturated rings. The van der Waals surface area contributed by atoms with E-state index < -0.39 is 5.60 Å². The van der Waals surface area contributed by atoms with Crippen molar-refractivity contribution in [3.63, 3.8) is 0 Å². The van der Waals surface area contributed by atoms with Gasteiger partial charge in [-0.25, -0.2) is 9.48 Å². The lowest BCUT2D eigenvalue weighted by molar-refractivity contribution is 0.0205. The molecule has 1 amide bonds. The molecule has 0 aliphatic carbocycles. The SMILES string of the molecule is Cc1cc(-n2cnnn2)cc2ccn(Cc3ccc(C4CCN(C(=O)OC(C)(C)C)CC4)cn3)c12. The summed E-state index contributed by atoms with van der Waals surface area (Å²) in [5.74, 6) is 0.412. The van der Waals surface area contributed by atoms with Crippen LogP contribution in [0.4, 0.5) is 4.79 Å². The van der Waals surface area contributed by atoms with Crippen molar-refractivity contribution in [2.75, 3.05) is 13.1 Å². The van der Waals surface area contributed by atoms with E-state index in [0.717, 1.165) is 35.2 Å². The maximum absolute atomic E-state index is 12.3. The second kappa shape index (κ2) is 9.13. The van der Waals surface area contributed by atoms with Crippen LogP contribution < -0.4 is 0 Å². The highest BCUT2D eigenvalue weighted by Gasteiger charge is 2.27. The fraction of sp³-hybridized carbons (Fsp3) is 0.423. The molecule has 0 bridgehead atoms. The molecule has 1 aliphatic heterocycles. The molecular formula is C26H31N7O2. The van der Waals surface area contributed by atoms with E-state index in [4.69, 9.17) is 9.72 Å². The molecule has 0 radical (unpaired) electrons. The number of rotatable bonds is 4. The fourth-order valence-corrected chi connectivity index (χ4v) is 4.76. The van der Waals surface area contributed by atoms with E-state index in [0.29, 0.717) is 25.6 Å². The van der Waals surface area contributed by atoms with Gasteiger partial charge >= 0.3 is 6.09 Å². The van der Waals surface area contributed by atoms with Gasteiger partial charge in [0.2, 0.25) is 0 Å². The number of ether oxygens (including phenoxy) is 1. The molecule has 5 rings (SSSR count). The quantitative estimate of drug-likeness (QED) is 0.434. The van der Waals surface area contributed by atoms with Crippen LogP contribution in [0.15, 0.2) is 49.1 Å². The number of aryl methyl sites for hydroxylation is 1. The minimum atomic E-state index is -0.464. The molecule has 0 spiro atoms. The van der Waals surface area contributed by atoms with E-state index in [2.05, 4.69) is 63.5 Å². The van der Waals surface area contributed by atoms with Crippen molar-refractivity contribution < 1.29 is 9.53 Å². The number of carbonyl (C=O) groups excluding carboxylic acids is 1. The van der Waals surface area contributed by atoms with E-state index in [-0.39, 0.29) is 6.09 Å². The lowest BCUT2D eigenvalue weighted by Gasteiger charge is -2.33. The van der Waals surface area contributed by atoms with Gasteiger partial charge in [-0.05, 0) is 92.3 Å². The van der Waals surface area contributed by atoms with Crippen LogP contribution in [0.25, 0.3) is 16.6 Å². The molecule has 0 atom stereocenters. The number of amides is 1. The smallest absolute Gasteiger partial charge is 0.410 e. The Labute approximate surface area is 204 Å². The molecule has 182 valence electrons. The van der Waals surface area contributed by atoms with Gasteiger partial charge in [-0.15, -0.1) is 5.10 Å². The Morgan fingerprint density at radius 2 is 1.94 bits per heavy atom. The van der Waals surface area contributed by atoms with Crippen molar-refractivity contribution >= 4 is 17.0 Å². The van der Waals surface area contributed by atoms with Gasteiger partial charge in [0.25, 0.3) is 0 Å². The van der Waals surface area contributed by atoms with Gasteiger partial charge in [-0.3, -0.25) is 4.98 Å². The van der Waals surface area contributed by atoms with Crippen LogP contribution >= 0.6 is 0 Å². The third-order valence-corrected chi connectivity index (χ3v) is 6.45. The molecule has 1 aromatic carbocycles.